The molecule has 124 valence electrons. The van der Waals surface area contributed by atoms with Crippen LogP contribution in [-0.2, 0) is 21.3 Å². The highest BCUT2D eigenvalue weighted by atomic mass is 32.2. The molecule has 1 aromatic carbocycles. The molecule has 1 aliphatic heterocycles. The molecule has 0 radical (unpaired) electrons. The first-order chi connectivity index (χ1) is 11.2. The summed E-state index contributed by atoms with van der Waals surface area (Å²) in [5.74, 6) is 0.637. The second kappa shape index (κ2) is 7.12. The molecule has 1 saturated heterocycles. The molecule has 0 unspecified atom stereocenters. The van der Waals surface area contributed by atoms with Gasteiger partial charge in [0.25, 0.3) is 0 Å². The lowest BCUT2D eigenvalue weighted by atomic mass is 10.3. The van der Waals surface area contributed by atoms with Gasteiger partial charge in [-0.05, 0) is 30.3 Å². The zero-order valence-corrected chi connectivity index (χ0v) is 13.5. The molecule has 2 heterocycles. The number of hydrogen-bond donors (Lipinski definition) is 0. The Balaban J connectivity index is 1.59. The molecule has 1 aliphatic rings. The van der Waals surface area contributed by atoms with Crippen LogP contribution in [0.25, 0.3) is 0 Å². The van der Waals surface area contributed by atoms with Gasteiger partial charge in [-0.15, -0.1) is 0 Å². The minimum Gasteiger partial charge on any atom is -0.492 e. The molecule has 3 rings (SSSR count). The molecule has 0 amide bonds. The second-order valence-electron chi connectivity index (χ2n) is 5.11. The van der Waals surface area contributed by atoms with E-state index in [0.717, 1.165) is 0 Å². The Labute approximate surface area is 135 Å². The van der Waals surface area contributed by atoms with E-state index in [-0.39, 0.29) is 4.90 Å². The molecular weight excluding hydrogens is 318 g/mol. The first-order valence-electron chi connectivity index (χ1n) is 7.44. The molecule has 0 spiro atoms. The molecule has 0 N–H and O–H groups in total. The highest BCUT2D eigenvalue weighted by Crippen LogP contribution is 2.20. The lowest BCUT2D eigenvalue weighted by Gasteiger charge is -2.26. The Morgan fingerprint density at radius 3 is 2.57 bits per heavy atom. The summed E-state index contributed by atoms with van der Waals surface area (Å²) >= 11 is 0. The summed E-state index contributed by atoms with van der Waals surface area (Å²) in [6.45, 7) is 2.77. The van der Waals surface area contributed by atoms with Crippen molar-refractivity contribution in [1.82, 2.24) is 14.1 Å². The lowest BCUT2D eigenvalue weighted by Crippen LogP contribution is -2.40. The summed E-state index contributed by atoms with van der Waals surface area (Å²) in [5, 5.41) is 4.09. The van der Waals surface area contributed by atoms with Crippen molar-refractivity contribution in [2.45, 2.75) is 11.4 Å². The van der Waals surface area contributed by atoms with Gasteiger partial charge in [0.1, 0.15) is 12.4 Å². The molecule has 0 aliphatic carbocycles. The largest absolute Gasteiger partial charge is 0.492 e. The Morgan fingerprint density at radius 2 is 1.91 bits per heavy atom. The number of rotatable bonds is 6. The van der Waals surface area contributed by atoms with Crippen LogP contribution in [0.5, 0.6) is 5.75 Å². The van der Waals surface area contributed by atoms with Crippen molar-refractivity contribution >= 4 is 10.0 Å². The third kappa shape index (κ3) is 3.90. The van der Waals surface area contributed by atoms with Gasteiger partial charge in [0.15, 0.2) is 0 Å². The normalized spacial score (nSPS) is 16.3. The second-order valence-corrected chi connectivity index (χ2v) is 7.04. The fraction of sp³-hybridized carbons (Fsp3) is 0.400. The predicted octanol–water partition coefficient (Wildman–Crippen LogP) is 0.983. The molecule has 2 aromatic rings. The van der Waals surface area contributed by atoms with Crippen molar-refractivity contribution in [2.75, 3.05) is 32.9 Å². The maximum absolute atomic E-state index is 12.5. The van der Waals surface area contributed by atoms with Crippen LogP contribution < -0.4 is 4.74 Å². The smallest absolute Gasteiger partial charge is 0.243 e. The summed E-state index contributed by atoms with van der Waals surface area (Å²) in [6.07, 6.45) is 3.58. The van der Waals surface area contributed by atoms with Crippen LogP contribution in [0.15, 0.2) is 47.6 Å². The minimum absolute atomic E-state index is 0.277. The standard InChI is InChI=1S/C15H19N3O4S/c19-23(20,18-9-11-21-12-10-18)15-4-2-14(3-5-15)22-13-8-17-7-1-6-16-17/h1-7H,8-13H2. The van der Waals surface area contributed by atoms with Gasteiger partial charge in [-0.2, -0.15) is 9.40 Å². The van der Waals surface area contributed by atoms with Crippen LogP contribution in [0.2, 0.25) is 0 Å². The van der Waals surface area contributed by atoms with Gasteiger partial charge in [0.2, 0.25) is 10.0 Å². The molecule has 0 atom stereocenters. The summed E-state index contributed by atoms with van der Waals surface area (Å²) < 4.78 is 39.0. The number of hydrogen-bond acceptors (Lipinski definition) is 5. The van der Waals surface area contributed by atoms with Crippen LogP contribution in [0.1, 0.15) is 0 Å². The van der Waals surface area contributed by atoms with Gasteiger partial charge in [0, 0.05) is 25.5 Å². The summed E-state index contributed by atoms with van der Waals surface area (Å²) in [7, 11) is -3.45. The van der Waals surface area contributed by atoms with Gasteiger partial charge >= 0.3 is 0 Å². The minimum atomic E-state index is -3.45. The number of aromatic nitrogens is 2. The van der Waals surface area contributed by atoms with E-state index in [1.807, 2.05) is 12.3 Å². The van der Waals surface area contributed by atoms with Gasteiger partial charge < -0.3 is 9.47 Å². The Bertz CT molecular complexity index is 708. The average molecular weight is 337 g/mol. The highest BCUT2D eigenvalue weighted by molar-refractivity contribution is 7.89. The Hall–Kier alpha value is -1.90. The fourth-order valence-corrected chi connectivity index (χ4v) is 3.74. The molecule has 7 nitrogen and oxygen atoms in total. The van der Waals surface area contributed by atoms with Crippen LogP contribution in [0.3, 0.4) is 0 Å². The van der Waals surface area contributed by atoms with Crippen LogP contribution >= 0.6 is 0 Å². The van der Waals surface area contributed by atoms with Crippen molar-refractivity contribution in [3.05, 3.63) is 42.7 Å². The number of benzene rings is 1. The van der Waals surface area contributed by atoms with Gasteiger partial charge in [-0.25, -0.2) is 8.42 Å². The summed E-state index contributed by atoms with van der Waals surface area (Å²) in [6, 6.07) is 8.36. The van der Waals surface area contributed by atoms with Crippen molar-refractivity contribution < 1.29 is 17.9 Å². The molecular formula is C15H19N3O4S. The van der Waals surface area contributed by atoms with E-state index in [1.54, 1.807) is 35.1 Å². The van der Waals surface area contributed by atoms with E-state index in [1.165, 1.54) is 4.31 Å². The zero-order chi connectivity index (χ0) is 16.1. The van der Waals surface area contributed by atoms with Gasteiger partial charge in [-0.1, -0.05) is 0 Å². The molecule has 8 heteroatoms. The highest BCUT2D eigenvalue weighted by Gasteiger charge is 2.26. The van der Waals surface area contributed by atoms with Crippen LogP contribution in [0, 0.1) is 0 Å². The predicted molar refractivity (Wildman–Crippen MR) is 83.7 cm³/mol. The lowest BCUT2D eigenvalue weighted by molar-refractivity contribution is 0.0730. The average Bonchev–Trinajstić information content (AvgIpc) is 3.10. The van der Waals surface area contributed by atoms with Crippen LogP contribution in [-0.4, -0.2) is 55.4 Å². The molecule has 1 fully saturated rings. The SMILES string of the molecule is O=S(=O)(c1ccc(OCCn2cccn2)cc1)N1CCOCC1. The van der Waals surface area contributed by atoms with Crippen molar-refractivity contribution in [2.24, 2.45) is 0 Å². The van der Waals surface area contributed by atoms with E-state index in [9.17, 15) is 8.42 Å². The van der Waals surface area contributed by atoms with Gasteiger partial charge in [0.05, 0.1) is 24.7 Å². The monoisotopic (exact) mass is 337 g/mol. The third-order valence-electron chi connectivity index (χ3n) is 3.58. The summed E-state index contributed by atoms with van der Waals surface area (Å²) in [4.78, 5) is 0.277. The number of sulfonamides is 1. The van der Waals surface area contributed by atoms with E-state index in [4.69, 9.17) is 9.47 Å². The maximum atomic E-state index is 12.5. The van der Waals surface area contributed by atoms with Crippen molar-refractivity contribution in [1.29, 1.82) is 0 Å². The van der Waals surface area contributed by atoms with E-state index in [0.29, 0.717) is 45.2 Å². The van der Waals surface area contributed by atoms with Gasteiger partial charge in [-0.3, -0.25) is 4.68 Å². The number of ether oxygens (including phenoxy) is 2. The maximum Gasteiger partial charge on any atom is 0.243 e. The van der Waals surface area contributed by atoms with Crippen molar-refractivity contribution in [3.8, 4) is 5.75 Å². The van der Waals surface area contributed by atoms with E-state index < -0.39 is 10.0 Å². The fourth-order valence-electron chi connectivity index (χ4n) is 2.33. The van der Waals surface area contributed by atoms with Crippen molar-refractivity contribution in [3.63, 3.8) is 0 Å². The Kier molecular flexibility index (Phi) is 4.94. The Morgan fingerprint density at radius 1 is 1.17 bits per heavy atom. The topological polar surface area (TPSA) is 73.7 Å². The summed E-state index contributed by atoms with van der Waals surface area (Å²) in [5.41, 5.74) is 0. The quantitative estimate of drug-likeness (QED) is 0.786. The zero-order valence-electron chi connectivity index (χ0n) is 12.7. The molecule has 23 heavy (non-hydrogen) atoms. The first kappa shape index (κ1) is 16.0. The van der Waals surface area contributed by atoms with E-state index in [2.05, 4.69) is 5.10 Å². The number of morpholine rings is 1. The molecule has 1 aromatic heterocycles. The molecule has 0 saturated carbocycles. The van der Waals surface area contributed by atoms with Crippen LogP contribution in [0.4, 0.5) is 0 Å². The first-order valence-corrected chi connectivity index (χ1v) is 8.88. The molecule has 0 bridgehead atoms. The third-order valence-corrected chi connectivity index (χ3v) is 5.49. The number of nitrogens with zero attached hydrogens (tertiary/aromatic N) is 3. The van der Waals surface area contributed by atoms with E-state index >= 15 is 0 Å².